The third-order valence-corrected chi connectivity index (χ3v) is 3.15. The summed E-state index contributed by atoms with van der Waals surface area (Å²) >= 11 is 5.91. The van der Waals surface area contributed by atoms with Gasteiger partial charge in [-0.2, -0.15) is 0 Å². The van der Waals surface area contributed by atoms with Gasteiger partial charge in [0.15, 0.2) is 0 Å². The second kappa shape index (κ2) is 5.75. The van der Waals surface area contributed by atoms with Gasteiger partial charge in [0.05, 0.1) is 25.4 Å². The zero-order valence-electron chi connectivity index (χ0n) is 10.7. The molecule has 2 rings (SSSR count). The van der Waals surface area contributed by atoms with Crippen LogP contribution in [-0.2, 0) is 18.3 Å². The quantitative estimate of drug-likeness (QED) is 0.874. The van der Waals surface area contributed by atoms with Crippen molar-refractivity contribution in [3.63, 3.8) is 0 Å². The molecular formula is C13H14ClN3O2. The lowest BCUT2D eigenvalue weighted by Crippen LogP contribution is -2.10. The first-order chi connectivity index (χ1) is 9.13. The van der Waals surface area contributed by atoms with Crippen molar-refractivity contribution >= 4 is 23.3 Å². The summed E-state index contributed by atoms with van der Waals surface area (Å²) in [4.78, 5) is 15.8. The number of nitrogens with one attached hydrogen (secondary N) is 1. The summed E-state index contributed by atoms with van der Waals surface area (Å²) in [6, 6.07) is 7.16. The Bertz CT molecular complexity index is 595. The Morgan fingerprint density at radius 2 is 2.21 bits per heavy atom. The molecule has 0 spiro atoms. The van der Waals surface area contributed by atoms with E-state index in [1.54, 1.807) is 22.9 Å². The Morgan fingerprint density at radius 3 is 2.84 bits per heavy atom. The number of aromatic nitrogens is 2. The van der Waals surface area contributed by atoms with E-state index in [1.807, 2.05) is 19.2 Å². The second-order valence-electron chi connectivity index (χ2n) is 3.95. The van der Waals surface area contributed by atoms with Gasteiger partial charge in [-0.05, 0) is 12.1 Å². The minimum atomic E-state index is -0.374. The molecule has 0 saturated heterocycles. The van der Waals surface area contributed by atoms with Crippen LogP contribution in [0.25, 0.3) is 0 Å². The number of hydrogen-bond acceptors (Lipinski definition) is 4. The first kappa shape index (κ1) is 13.4. The van der Waals surface area contributed by atoms with Gasteiger partial charge in [-0.15, -0.1) is 0 Å². The van der Waals surface area contributed by atoms with Crippen molar-refractivity contribution in [3.8, 4) is 0 Å². The number of para-hydroxylation sites is 1. The van der Waals surface area contributed by atoms with Crippen LogP contribution in [0.5, 0.6) is 0 Å². The molecule has 0 aliphatic carbocycles. The molecule has 0 amide bonds. The number of carbonyl (C=O) groups excluding carboxylic acids is 1. The maximum atomic E-state index is 11.6. The number of halogens is 1. The van der Waals surface area contributed by atoms with Gasteiger partial charge in [-0.3, -0.25) is 0 Å². The van der Waals surface area contributed by atoms with E-state index >= 15 is 0 Å². The minimum Gasteiger partial charge on any atom is -0.465 e. The molecule has 0 aliphatic heterocycles. The molecule has 0 aliphatic rings. The van der Waals surface area contributed by atoms with Gasteiger partial charge in [-0.1, -0.05) is 23.7 Å². The van der Waals surface area contributed by atoms with Crippen LogP contribution in [0.2, 0.25) is 5.15 Å². The first-order valence-corrected chi connectivity index (χ1v) is 6.08. The van der Waals surface area contributed by atoms with Gasteiger partial charge in [0, 0.05) is 12.7 Å². The average molecular weight is 280 g/mol. The summed E-state index contributed by atoms with van der Waals surface area (Å²) in [6.45, 7) is 0.469. The molecule has 6 heteroatoms. The zero-order valence-corrected chi connectivity index (χ0v) is 11.4. The Morgan fingerprint density at radius 1 is 1.47 bits per heavy atom. The molecule has 0 saturated carbocycles. The first-order valence-electron chi connectivity index (χ1n) is 5.70. The van der Waals surface area contributed by atoms with Crippen molar-refractivity contribution in [2.24, 2.45) is 7.05 Å². The van der Waals surface area contributed by atoms with E-state index in [1.165, 1.54) is 7.11 Å². The van der Waals surface area contributed by atoms with Crippen LogP contribution >= 0.6 is 11.6 Å². The fourth-order valence-electron chi connectivity index (χ4n) is 1.69. The van der Waals surface area contributed by atoms with E-state index in [0.29, 0.717) is 22.9 Å². The van der Waals surface area contributed by atoms with E-state index < -0.39 is 0 Å². The summed E-state index contributed by atoms with van der Waals surface area (Å²) in [5.74, 6) is 0.408. The zero-order chi connectivity index (χ0) is 13.8. The standard InChI is InChI=1S/C13H14ClN3O2/c1-17-11(14)7-16-12(17)8-15-10-6-4-3-5-9(10)13(18)19-2/h3-7,15H,8H2,1-2H3. The van der Waals surface area contributed by atoms with Crippen LogP contribution in [0.3, 0.4) is 0 Å². The van der Waals surface area contributed by atoms with Crippen LogP contribution < -0.4 is 5.32 Å². The van der Waals surface area contributed by atoms with Crippen LogP contribution in [0.15, 0.2) is 30.5 Å². The molecule has 0 radical (unpaired) electrons. The van der Waals surface area contributed by atoms with Crippen molar-refractivity contribution in [1.29, 1.82) is 0 Å². The monoisotopic (exact) mass is 279 g/mol. The van der Waals surface area contributed by atoms with Crippen LogP contribution in [-0.4, -0.2) is 22.6 Å². The number of nitrogens with zero attached hydrogens (tertiary/aromatic N) is 2. The maximum absolute atomic E-state index is 11.6. The summed E-state index contributed by atoms with van der Waals surface area (Å²) in [5, 5.41) is 3.72. The highest BCUT2D eigenvalue weighted by molar-refractivity contribution is 6.29. The maximum Gasteiger partial charge on any atom is 0.339 e. The van der Waals surface area contributed by atoms with E-state index in [2.05, 4.69) is 10.3 Å². The summed E-state index contributed by atoms with van der Waals surface area (Å²) in [5.41, 5.74) is 1.19. The lowest BCUT2D eigenvalue weighted by molar-refractivity contribution is 0.0602. The summed E-state index contributed by atoms with van der Waals surface area (Å²) < 4.78 is 6.51. The Labute approximate surface area is 116 Å². The van der Waals surface area contributed by atoms with Gasteiger partial charge in [-0.25, -0.2) is 9.78 Å². The van der Waals surface area contributed by atoms with Crippen LogP contribution in [0.4, 0.5) is 5.69 Å². The number of hydrogen-bond donors (Lipinski definition) is 1. The summed E-state index contributed by atoms with van der Waals surface area (Å²) in [7, 11) is 3.19. The second-order valence-corrected chi connectivity index (χ2v) is 4.33. The number of imidazole rings is 1. The molecule has 2 aromatic rings. The number of ether oxygens (including phenoxy) is 1. The number of methoxy groups -OCH3 is 1. The number of rotatable bonds is 4. The molecule has 0 unspecified atom stereocenters. The predicted molar refractivity (Wildman–Crippen MR) is 73.3 cm³/mol. The molecule has 0 fully saturated rings. The largest absolute Gasteiger partial charge is 0.465 e. The lowest BCUT2D eigenvalue weighted by atomic mass is 10.2. The molecule has 100 valence electrons. The molecule has 1 aromatic heterocycles. The van der Waals surface area contributed by atoms with Crippen LogP contribution in [0.1, 0.15) is 16.2 Å². The van der Waals surface area contributed by atoms with Crippen molar-refractivity contribution in [1.82, 2.24) is 9.55 Å². The van der Waals surface area contributed by atoms with E-state index in [9.17, 15) is 4.79 Å². The highest BCUT2D eigenvalue weighted by Crippen LogP contribution is 2.17. The molecule has 0 atom stereocenters. The molecule has 1 N–H and O–H groups in total. The van der Waals surface area contributed by atoms with E-state index in [0.717, 1.165) is 5.82 Å². The smallest absolute Gasteiger partial charge is 0.339 e. The lowest BCUT2D eigenvalue weighted by Gasteiger charge is -2.10. The number of anilines is 1. The minimum absolute atomic E-state index is 0.374. The van der Waals surface area contributed by atoms with E-state index in [4.69, 9.17) is 16.3 Å². The van der Waals surface area contributed by atoms with E-state index in [-0.39, 0.29) is 5.97 Å². The van der Waals surface area contributed by atoms with Crippen molar-refractivity contribution in [3.05, 3.63) is 47.0 Å². The number of benzene rings is 1. The molecule has 1 heterocycles. The Balaban J connectivity index is 2.16. The number of esters is 1. The Hall–Kier alpha value is -2.01. The van der Waals surface area contributed by atoms with Crippen LogP contribution in [0, 0.1) is 0 Å². The fourth-order valence-corrected chi connectivity index (χ4v) is 1.83. The number of carbonyl (C=O) groups is 1. The predicted octanol–water partition coefficient (Wildman–Crippen LogP) is 2.47. The molecule has 19 heavy (non-hydrogen) atoms. The van der Waals surface area contributed by atoms with Gasteiger partial charge in [0.1, 0.15) is 11.0 Å². The highest BCUT2D eigenvalue weighted by Gasteiger charge is 2.11. The topological polar surface area (TPSA) is 56.1 Å². The van der Waals surface area contributed by atoms with Gasteiger partial charge in [0.25, 0.3) is 0 Å². The fraction of sp³-hybridized carbons (Fsp3) is 0.231. The normalized spacial score (nSPS) is 10.3. The molecule has 1 aromatic carbocycles. The molecule has 5 nitrogen and oxygen atoms in total. The Kier molecular flexibility index (Phi) is 4.06. The third-order valence-electron chi connectivity index (χ3n) is 2.80. The third kappa shape index (κ3) is 2.88. The molecule has 0 bridgehead atoms. The van der Waals surface area contributed by atoms with Gasteiger partial charge in [0.2, 0.25) is 0 Å². The SMILES string of the molecule is COC(=O)c1ccccc1NCc1ncc(Cl)n1C. The van der Waals surface area contributed by atoms with Crippen molar-refractivity contribution in [2.45, 2.75) is 6.54 Å². The highest BCUT2D eigenvalue weighted by atomic mass is 35.5. The average Bonchev–Trinajstić information content (AvgIpc) is 2.76. The van der Waals surface area contributed by atoms with Crippen molar-refractivity contribution in [2.75, 3.05) is 12.4 Å². The van der Waals surface area contributed by atoms with Crippen molar-refractivity contribution < 1.29 is 9.53 Å². The molecular weight excluding hydrogens is 266 g/mol. The van der Waals surface area contributed by atoms with Gasteiger partial charge >= 0.3 is 5.97 Å². The summed E-state index contributed by atoms with van der Waals surface area (Å²) in [6.07, 6.45) is 1.59. The van der Waals surface area contributed by atoms with Gasteiger partial charge < -0.3 is 14.6 Å².